The number of esters is 2. The Balaban J connectivity index is 1.91. The van der Waals surface area contributed by atoms with Gasteiger partial charge in [0.2, 0.25) is 0 Å². The Bertz CT molecular complexity index is 902. The summed E-state index contributed by atoms with van der Waals surface area (Å²) in [5.41, 5.74) is 0.0438. The highest BCUT2D eigenvalue weighted by atomic mass is 16.6. The summed E-state index contributed by atoms with van der Waals surface area (Å²) in [6, 6.07) is 10.6. The van der Waals surface area contributed by atoms with Crippen molar-refractivity contribution in [3.05, 3.63) is 66.2 Å². The maximum absolute atomic E-state index is 12.4. The molecule has 0 saturated carbocycles. The number of unbranched alkanes of at least 4 members (excludes halogenated alkanes) is 1. The fourth-order valence-corrected chi connectivity index (χ4v) is 2.41. The lowest BCUT2D eigenvalue weighted by molar-refractivity contribution is -0.137. The number of hydrogen-bond acceptors (Lipinski definition) is 7. The molecule has 8 nitrogen and oxygen atoms in total. The van der Waals surface area contributed by atoms with Crippen LogP contribution in [0.3, 0.4) is 0 Å². The van der Waals surface area contributed by atoms with Crippen LogP contribution in [0, 0.1) is 0 Å². The molecule has 0 fully saturated rings. The molecule has 2 rings (SSSR count). The SMILES string of the molecule is C=CC(=O)OCCCCOc1ccc(C(=O)Oc2c(OC)cccc2C(=O)O)cc1. The van der Waals surface area contributed by atoms with Crippen LogP contribution >= 0.6 is 0 Å². The van der Waals surface area contributed by atoms with Crippen molar-refractivity contribution in [1.82, 2.24) is 0 Å². The van der Waals surface area contributed by atoms with Gasteiger partial charge in [-0.1, -0.05) is 12.6 Å². The molecular formula is C22H22O8. The number of hydrogen-bond donors (Lipinski definition) is 1. The van der Waals surface area contributed by atoms with Gasteiger partial charge in [0.05, 0.1) is 25.9 Å². The van der Waals surface area contributed by atoms with Gasteiger partial charge in [-0.3, -0.25) is 0 Å². The summed E-state index contributed by atoms with van der Waals surface area (Å²) in [5, 5.41) is 9.29. The van der Waals surface area contributed by atoms with E-state index in [4.69, 9.17) is 18.9 Å². The van der Waals surface area contributed by atoms with Crippen LogP contribution in [0.2, 0.25) is 0 Å². The average molecular weight is 414 g/mol. The van der Waals surface area contributed by atoms with Gasteiger partial charge in [-0.2, -0.15) is 0 Å². The third-order valence-electron chi connectivity index (χ3n) is 3.93. The lowest BCUT2D eigenvalue weighted by Crippen LogP contribution is -2.12. The predicted molar refractivity (Wildman–Crippen MR) is 107 cm³/mol. The Morgan fingerprint density at radius 2 is 1.73 bits per heavy atom. The number of carbonyl (C=O) groups is 3. The van der Waals surface area contributed by atoms with E-state index in [0.29, 0.717) is 31.8 Å². The third kappa shape index (κ3) is 6.37. The predicted octanol–water partition coefficient (Wildman–Crippen LogP) is 3.50. The van der Waals surface area contributed by atoms with E-state index in [-0.39, 0.29) is 22.6 Å². The quantitative estimate of drug-likeness (QED) is 0.258. The Morgan fingerprint density at radius 1 is 1.03 bits per heavy atom. The second-order valence-electron chi connectivity index (χ2n) is 5.98. The highest BCUT2D eigenvalue weighted by Crippen LogP contribution is 2.32. The molecule has 2 aromatic carbocycles. The van der Waals surface area contributed by atoms with E-state index in [2.05, 4.69) is 6.58 Å². The van der Waals surface area contributed by atoms with Gasteiger partial charge in [-0.25, -0.2) is 14.4 Å². The summed E-state index contributed by atoms with van der Waals surface area (Å²) in [7, 11) is 1.36. The van der Waals surface area contributed by atoms with Crippen LogP contribution in [-0.2, 0) is 9.53 Å². The van der Waals surface area contributed by atoms with Crippen LogP contribution in [0.25, 0.3) is 0 Å². The van der Waals surface area contributed by atoms with Gasteiger partial charge in [-0.05, 0) is 49.2 Å². The number of ether oxygens (including phenoxy) is 4. The fraction of sp³-hybridized carbons (Fsp3) is 0.227. The molecule has 0 radical (unpaired) electrons. The van der Waals surface area contributed by atoms with Crippen molar-refractivity contribution in [1.29, 1.82) is 0 Å². The highest BCUT2D eigenvalue weighted by Gasteiger charge is 2.20. The minimum absolute atomic E-state index is 0.141. The van der Waals surface area contributed by atoms with Gasteiger partial charge in [-0.15, -0.1) is 0 Å². The Hall–Kier alpha value is -3.81. The first-order chi connectivity index (χ1) is 14.5. The lowest BCUT2D eigenvalue weighted by atomic mass is 10.1. The number of rotatable bonds is 11. The Labute approximate surface area is 173 Å². The molecular weight excluding hydrogens is 392 g/mol. The average Bonchev–Trinajstić information content (AvgIpc) is 2.76. The summed E-state index contributed by atoms with van der Waals surface area (Å²) in [4.78, 5) is 34.7. The molecule has 0 saturated heterocycles. The number of para-hydroxylation sites is 1. The lowest BCUT2D eigenvalue weighted by Gasteiger charge is -2.12. The van der Waals surface area contributed by atoms with E-state index < -0.39 is 17.9 Å². The van der Waals surface area contributed by atoms with E-state index in [0.717, 1.165) is 6.08 Å². The van der Waals surface area contributed by atoms with Crippen molar-refractivity contribution in [2.45, 2.75) is 12.8 Å². The van der Waals surface area contributed by atoms with Gasteiger partial charge in [0.25, 0.3) is 0 Å². The van der Waals surface area contributed by atoms with Crippen molar-refractivity contribution in [2.75, 3.05) is 20.3 Å². The fourth-order valence-electron chi connectivity index (χ4n) is 2.41. The summed E-state index contributed by atoms with van der Waals surface area (Å²) < 4.78 is 20.8. The van der Waals surface area contributed by atoms with E-state index in [1.165, 1.54) is 37.4 Å². The zero-order valence-corrected chi connectivity index (χ0v) is 16.5. The maximum atomic E-state index is 12.4. The number of carboxylic acid groups (broad SMARTS) is 1. The van der Waals surface area contributed by atoms with E-state index >= 15 is 0 Å². The molecule has 30 heavy (non-hydrogen) atoms. The molecule has 0 unspecified atom stereocenters. The van der Waals surface area contributed by atoms with Crippen molar-refractivity contribution < 1.29 is 38.4 Å². The highest BCUT2D eigenvalue weighted by molar-refractivity contribution is 5.96. The standard InChI is InChI=1S/C22H22O8/c1-3-19(23)29-14-5-4-13-28-16-11-9-15(10-12-16)22(26)30-20-17(21(24)25)7-6-8-18(20)27-2/h3,6-12H,1,4-5,13-14H2,2H3,(H,24,25). The van der Waals surface area contributed by atoms with Crippen LogP contribution in [-0.4, -0.2) is 43.3 Å². The van der Waals surface area contributed by atoms with Crippen LogP contribution in [0.4, 0.5) is 0 Å². The Morgan fingerprint density at radius 3 is 2.37 bits per heavy atom. The molecule has 0 bridgehead atoms. The number of aromatic carboxylic acids is 1. The summed E-state index contributed by atoms with van der Waals surface area (Å²) in [5.74, 6) is -1.88. The minimum atomic E-state index is -1.24. The normalized spacial score (nSPS) is 10.0. The van der Waals surface area contributed by atoms with E-state index in [1.807, 2.05) is 0 Å². The molecule has 0 aliphatic rings. The van der Waals surface area contributed by atoms with Crippen LogP contribution in [0.15, 0.2) is 55.1 Å². The molecule has 0 heterocycles. The first-order valence-corrected chi connectivity index (χ1v) is 9.10. The molecule has 0 amide bonds. The van der Waals surface area contributed by atoms with Crippen molar-refractivity contribution >= 4 is 17.9 Å². The van der Waals surface area contributed by atoms with Gasteiger partial charge in [0.15, 0.2) is 11.5 Å². The van der Waals surface area contributed by atoms with Gasteiger partial charge in [0.1, 0.15) is 11.3 Å². The largest absolute Gasteiger partial charge is 0.494 e. The Kier molecular flexibility index (Phi) is 8.43. The molecule has 1 N–H and O–H groups in total. The van der Waals surface area contributed by atoms with E-state index in [1.54, 1.807) is 12.1 Å². The van der Waals surface area contributed by atoms with Crippen molar-refractivity contribution in [3.8, 4) is 17.2 Å². The second-order valence-corrected chi connectivity index (χ2v) is 5.98. The zero-order valence-electron chi connectivity index (χ0n) is 16.5. The summed E-state index contributed by atoms with van der Waals surface area (Å²) in [6.45, 7) is 4.02. The van der Waals surface area contributed by atoms with Crippen molar-refractivity contribution in [2.24, 2.45) is 0 Å². The molecule has 2 aromatic rings. The zero-order chi connectivity index (χ0) is 21.9. The molecule has 158 valence electrons. The molecule has 0 aliphatic carbocycles. The van der Waals surface area contributed by atoms with E-state index in [9.17, 15) is 19.5 Å². The number of benzene rings is 2. The molecule has 0 aliphatic heterocycles. The van der Waals surface area contributed by atoms with Gasteiger partial charge in [0, 0.05) is 6.08 Å². The molecule has 0 atom stereocenters. The number of carbonyl (C=O) groups excluding carboxylic acids is 2. The molecule has 0 spiro atoms. The van der Waals surface area contributed by atoms with Gasteiger partial charge < -0.3 is 24.1 Å². The monoisotopic (exact) mass is 414 g/mol. The number of methoxy groups -OCH3 is 1. The summed E-state index contributed by atoms with van der Waals surface area (Å²) >= 11 is 0. The molecule has 8 heteroatoms. The first kappa shape index (κ1) is 22.5. The minimum Gasteiger partial charge on any atom is -0.494 e. The summed E-state index contributed by atoms with van der Waals surface area (Å²) in [6.07, 6.45) is 2.44. The second kappa shape index (κ2) is 11.3. The van der Waals surface area contributed by atoms with Crippen molar-refractivity contribution in [3.63, 3.8) is 0 Å². The topological polar surface area (TPSA) is 108 Å². The third-order valence-corrected chi connectivity index (χ3v) is 3.93. The van der Waals surface area contributed by atoms with Crippen LogP contribution < -0.4 is 14.2 Å². The smallest absolute Gasteiger partial charge is 0.343 e. The molecule has 0 aromatic heterocycles. The number of carboxylic acids is 1. The van der Waals surface area contributed by atoms with Crippen LogP contribution in [0.5, 0.6) is 17.2 Å². The van der Waals surface area contributed by atoms with Gasteiger partial charge >= 0.3 is 17.9 Å². The maximum Gasteiger partial charge on any atom is 0.343 e. The van der Waals surface area contributed by atoms with Crippen LogP contribution in [0.1, 0.15) is 33.6 Å². The first-order valence-electron chi connectivity index (χ1n) is 9.10.